The molecule has 6 rings (SSSR count). The third-order valence-electron chi connectivity index (χ3n) is 7.81. The van der Waals surface area contributed by atoms with Crippen LogP contribution in [0.5, 0.6) is 0 Å². The van der Waals surface area contributed by atoms with Gasteiger partial charge in [-0.3, -0.25) is 14.3 Å². The number of fused-ring (bicyclic) bond motifs is 2. The average molecular weight is 457 g/mol. The second kappa shape index (κ2) is 8.32. The van der Waals surface area contributed by atoms with Crippen molar-refractivity contribution in [1.82, 2.24) is 19.7 Å². The quantitative estimate of drug-likeness (QED) is 0.596. The van der Waals surface area contributed by atoms with Crippen LogP contribution in [0.3, 0.4) is 0 Å². The minimum Gasteiger partial charge on any atom is -0.338 e. The van der Waals surface area contributed by atoms with Gasteiger partial charge in [0.25, 0.3) is 11.5 Å². The zero-order valence-corrected chi connectivity index (χ0v) is 19.1. The fraction of sp³-hybridized carbons (Fsp3) is 0.462. The number of anilines is 2. The van der Waals surface area contributed by atoms with E-state index in [2.05, 4.69) is 16.4 Å². The Morgan fingerprint density at radius 3 is 2.68 bits per heavy atom. The minimum atomic E-state index is -0.209. The number of hydrogen-bond acceptors (Lipinski definition) is 5. The molecule has 8 nitrogen and oxygen atoms in total. The number of aromatic amines is 1. The second-order valence-electron chi connectivity index (χ2n) is 9.82. The summed E-state index contributed by atoms with van der Waals surface area (Å²) in [5, 5.41) is 18.3. The number of nitrogens with one attached hydrogen (secondary N) is 2. The molecule has 3 heterocycles. The molecule has 2 aliphatic carbocycles. The Labute approximate surface area is 197 Å². The van der Waals surface area contributed by atoms with Crippen molar-refractivity contribution in [2.45, 2.75) is 70.0 Å². The molecule has 0 radical (unpaired) electrons. The molecule has 2 saturated carbocycles. The van der Waals surface area contributed by atoms with E-state index in [1.54, 1.807) is 6.20 Å². The summed E-state index contributed by atoms with van der Waals surface area (Å²) >= 11 is 0. The molecule has 8 heteroatoms. The van der Waals surface area contributed by atoms with Gasteiger partial charge in [-0.2, -0.15) is 10.4 Å². The van der Waals surface area contributed by atoms with Gasteiger partial charge in [0.05, 0.1) is 23.5 Å². The first-order valence-corrected chi connectivity index (χ1v) is 12.3. The maximum Gasteiger partial charge on any atom is 0.261 e. The number of carbonyl (C=O) groups excluding carboxylic acids is 1. The van der Waals surface area contributed by atoms with Crippen LogP contribution >= 0.6 is 0 Å². The zero-order chi connectivity index (χ0) is 23.2. The number of amides is 1. The van der Waals surface area contributed by atoms with Crippen LogP contribution < -0.4 is 10.9 Å². The molecular weight excluding hydrogens is 428 g/mol. The van der Waals surface area contributed by atoms with E-state index in [1.165, 1.54) is 12.8 Å². The predicted octanol–water partition coefficient (Wildman–Crippen LogP) is 4.62. The second-order valence-corrected chi connectivity index (χ2v) is 9.82. The van der Waals surface area contributed by atoms with Gasteiger partial charge in [0.1, 0.15) is 5.39 Å². The first kappa shape index (κ1) is 21.0. The summed E-state index contributed by atoms with van der Waals surface area (Å²) in [6, 6.07) is 10.4. The van der Waals surface area contributed by atoms with E-state index in [0.717, 1.165) is 60.9 Å². The van der Waals surface area contributed by atoms with E-state index in [0.29, 0.717) is 23.8 Å². The molecule has 0 saturated heterocycles. The summed E-state index contributed by atoms with van der Waals surface area (Å²) in [5.74, 6) is 0.493. The Bertz CT molecular complexity index is 1360. The molecule has 0 bridgehead atoms. The number of benzene rings is 1. The van der Waals surface area contributed by atoms with Crippen LogP contribution in [-0.4, -0.2) is 31.6 Å². The highest BCUT2D eigenvalue weighted by Gasteiger charge is 2.34. The smallest absolute Gasteiger partial charge is 0.261 e. The Balaban J connectivity index is 1.34. The maximum absolute atomic E-state index is 12.9. The summed E-state index contributed by atoms with van der Waals surface area (Å²) in [7, 11) is 0. The van der Waals surface area contributed by atoms with Crippen LogP contribution in [0.4, 0.5) is 11.5 Å². The largest absolute Gasteiger partial charge is 0.338 e. The topological polar surface area (TPSA) is 107 Å². The average Bonchev–Trinajstić information content (AvgIpc) is 3.58. The molecule has 1 aliphatic heterocycles. The number of nitriles is 1. The number of rotatable bonds is 4. The number of nitrogens with zero attached hydrogens (tertiary/aromatic N) is 4. The van der Waals surface area contributed by atoms with Crippen molar-refractivity contribution in [3.63, 3.8) is 0 Å². The fourth-order valence-corrected chi connectivity index (χ4v) is 6.06. The van der Waals surface area contributed by atoms with Crippen LogP contribution in [0.25, 0.3) is 10.9 Å². The summed E-state index contributed by atoms with van der Waals surface area (Å²) in [5.41, 5.74) is 3.11. The highest BCUT2D eigenvalue weighted by molar-refractivity contribution is 5.99. The molecule has 2 aromatic heterocycles. The highest BCUT2D eigenvalue weighted by Crippen LogP contribution is 2.37. The Hall–Kier alpha value is -3.60. The van der Waals surface area contributed by atoms with E-state index in [4.69, 9.17) is 5.10 Å². The Kier molecular flexibility index (Phi) is 5.13. The third kappa shape index (κ3) is 3.38. The van der Waals surface area contributed by atoms with Gasteiger partial charge in [-0.15, -0.1) is 0 Å². The summed E-state index contributed by atoms with van der Waals surface area (Å²) < 4.78 is 1.87. The molecule has 0 spiro atoms. The van der Waals surface area contributed by atoms with Crippen LogP contribution in [0, 0.1) is 17.2 Å². The SMILES string of the molecule is N#CC1CCCCC1n1nc(Nc2ccc3c(c2)CN(C2CCCC2)C3=O)c2c(=O)[nH]ccc21. The van der Waals surface area contributed by atoms with E-state index in [-0.39, 0.29) is 23.4 Å². The molecule has 2 fully saturated rings. The van der Waals surface area contributed by atoms with Gasteiger partial charge in [0.15, 0.2) is 5.82 Å². The maximum atomic E-state index is 12.9. The van der Waals surface area contributed by atoms with Crippen molar-refractivity contribution in [3.8, 4) is 6.07 Å². The van der Waals surface area contributed by atoms with Gasteiger partial charge in [0.2, 0.25) is 0 Å². The molecule has 2 unspecified atom stereocenters. The number of H-pyrrole nitrogens is 1. The van der Waals surface area contributed by atoms with Crippen LogP contribution in [-0.2, 0) is 6.54 Å². The first-order valence-electron chi connectivity index (χ1n) is 12.3. The van der Waals surface area contributed by atoms with Crippen molar-refractivity contribution >= 4 is 28.3 Å². The summed E-state index contributed by atoms with van der Waals surface area (Å²) in [6.45, 7) is 0.635. The molecule has 1 amide bonds. The predicted molar refractivity (Wildman–Crippen MR) is 129 cm³/mol. The number of pyridine rings is 1. The van der Waals surface area contributed by atoms with Crippen LogP contribution in [0.2, 0.25) is 0 Å². The monoisotopic (exact) mass is 456 g/mol. The molecular formula is C26H28N6O2. The molecule has 34 heavy (non-hydrogen) atoms. The lowest BCUT2D eigenvalue weighted by molar-refractivity contribution is 0.0707. The van der Waals surface area contributed by atoms with Gasteiger partial charge >= 0.3 is 0 Å². The Morgan fingerprint density at radius 2 is 1.85 bits per heavy atom. The third-order valence-corrected chi connectivity index (χ3v) is 7.81. The van der Waals surface area contributed by atoms with Crippen molar-refractivity contribution in [3.05, 3.63) is 51.9 Å². The fourth-order valence-electron chi connectivity index (χ4n) is 6.06. The normalized spacial score (nSPS) is 22.8. The van der Waals surface area contributed by atoms with E-state index in [9.17, 15) is 14.9 Å². The van der Waals surface area contributed by atoms with Crippen molar-refractivity contribution in [1.29, 1.82) is 5.26 Å². The van der Waals surface area contributed by atoms with Crippen molar-refractivity contribution < 1.29 is 4.79 Å². The van der Waals surface area contributed by atoms with Gasteiger partial charge in [-0.05, 0) is 55.5 Å². The molecule has 3 aliphatic rings. The van der Waals surface area contributed by atoms with Gasteiger partial charge in [0, 0.05) is 30.0 Å². The first-order chi connectivity index (χ1) is 16.6. The van der Waals surface area contributed by atoms with Gasteiger partial charge in [-0.25, -0.2) is 0 Å². The van der Waals surface area contributed by atoms with E-state index >= 15 is 0 Å². The van der Waals surface area contributed by atoms with Crippen LogP contribution in [0.15, 0.2) is 35.3 Å². The summed E-state index contributed by atoms with van der Waals surface area (Å²) in [6.07, 6.45) is 10.0. The minimum absolute atomic E-state index is 0.0452. The van der Waals surface area contributed by atoms with Crippen molar-refractivity contribution in [2.75, 3.05) is 5.32 Å². The molecule has 2 atom stereocenters. The van der Waals surface area contributed by atoms with Crippen molar-refractivity contribution in [2.24, 2.45) is 5.92 Å². The molecule has 2 N–H and O–H groups in total. The number of aromatic nitrogens is 3. The lowest BCUT2D eigenvalue weighted by Gasteiger charge is -2.27. The summed E-state index contributed by atoms with van der Waals surface area (Å²) in [4.78, 5) is 30.5. The Morgan fingerprint density at radius 1 is 1.06 bits per heavy atom. The molecule has 1 aromatic carbocycles. The molecule has 3 aromatic rings. The van der Waals surface area contributed by atoms with E-state index < -0.39 is 0 Å². The lowest BCUT2D eigenvalue weighted by Crippen LogP contribution is -2.33. The standard InChI is InChI=1S/C26H28N6O2/c27-14-16-5-1-4-8-21(16)32-22-11-12-28-25(33)23(22)24(30-32)29-18-9-10-20-17(13-18)15-31(26(20)34)19-6-2-3-7-19/h9-13,16,19,21H,1-8,15H2,(H,28,33)(H,29,30). The zero-order valence-electron chi connectivity index (χ0n) is 19.1. The lowest BCUT2D eigenvalue weighted by atomic mass is 9.85. The van der Waals surface area contributed by atoms with Gasteiger partial charge < -0.3 is 15.2 Å². The van der Waals surface area contributed by atoms with E-state index in [1.807, 2.05) is 33.8 Å². The molecule has 174 valence electrons. The number of hydrogen-bond donors (Lipinski definition) is 2. The van der Waals surface area contributed by atoms with Crippen LogP contribution in [0.1, 0.15) is 73.3 Å². The highest BCUT2D eigenvalue weighted by atomic mass is 16.2. The number of carbonyl (C=O) groups is 1. The van der Waals surface area contributed by atoms with Gasteiger partial charge in [-0.1, -0.05) is 25.7 Å².